The number of rotatable bonds is 5. The first-order chi connectivity index (χ1) is 8.73. The molecule has 0 aliphatic carbocycles. The maximum Gasteiger partial charge on any atom is 0.268 e. The second-order valence-electron chi connectivity index (χ2n) is 3.70. The lowest BCUT2D eigenvalue weighted by Gasteiger charge is -2.12. The smallest absolute Gasteiger partial charge is 0.268 e. The summed E-state index contributed by atoms with van der Waals surface area (Å²) in [6.45, 7) is 0. The third-order valence-electron chi connectivity index (χ3n) is 2.32. The summed E-state index contributed by atoms with van der Waals surface area (Å²) in [5, 5.41) is 43.1. The normalized spacial score (nSPS) is 11.8. The van der Waals surface area contributed by atoms with Crippen molar-refractivity contribution < 1.29 is 30.6 Å². The number of nitro groups is 2. The Morgan fingerprint density at radius 3 is 1.95 bits per heavy atom. The van der Waals surface area contributed by atoms with Crippen LogP contribution in [-0.4, -0.2) is 21.9 Å². The van der Waals surface area contributed by atoms with Gasteiger partial charge in [0.2, 0.25) is 0 Å². The van der Waals surface area contributed by atoms with Gasteiger partial charge in [-0.3, -0.25) is 20.2 Å². The van der Waals surface area contributed by atoms with Crippen LogP contribution in [0, 0.1) is 20.2 Å². The highest BCUT2D eigenvalue weighted by molar-refractivity contribution is 5.70. The minimum atomic E-state index is -1.50. The number of nitro benzene ring substituents is 2. The van der Waals surface area contributed by atoms with Gasteiger partial charge in [0.1, 0.15) is 6.04 Å². The number of benzene rings is 1. The van der Waals surface area contributed by atoms with Crippen LogP contribution in [0.5, 0.6) is 5.75 Å². The minimum absolute atomic E-state index is 0.0396. The van der Waals surface area contributed by atoms with E-state index in [0.717, 1.165) is 12.1 Å². The van der Waals surface area contributed by atoms with Crippen LogP contribution in [-0.2, 0) is 11.2 Å². The number of carbonyl (C=O) groups excluding carboxylic acids is 1. The van der Waals surface area contributed by atoms with Gasteiger partial charge in [-0.25, -0.2) is 0 Å². The van der Waals surface area contributed by atoms with E-state index in [1.165, 1.54) is 0 Å². The molecule has 102 valence electrons. The van der Waals surface area contributed by atoms with Gasteiger partial charge in [0.25, 0.3) is 11.4 Å². The van der Waals surface area contributed by atoms with Crippen molar-refractivity contribution in [3.05, 3.63) is 37.9 Å². The van der Waals surface area contributed by atoms with E-state index in [2.05, 4.69) is 5.73 Å². The zero-order valence-corrected chi connectivity index (χ0v) is 9.40. The van der Waals surface area contributed by atoms with E-state index < -0.39 is 39.0 Å². The maximum absolute atomic E-state index is 11.4. The molecule has 0 aliphatic heterocycles. The highest BCUT2D eigenvalue weighted by atomic mass is 16.6. The van der Waals surface area contributed by atoms with Crippen molar-refractivity contribution >= 4 is 17.3 Å². The largest absolute Gasteiger partial charge is 0.863 e. The summed E-state index contributed by atoms with van der Waals surface area (Å²) >= 11 is 0. The molecule has 1 aromatic rings. The Balaban J connectivity index is 3.30. The predicted molar refractivity (Wildman–Crippen MR) is 54.6 cm³/mol. The van der Waals surface area contributed by atoms with Gasteiger partial charge in [0, 0.05) is 18.6 Å². The molecule has 0 spiro atoms. The molecule has 0 fully saturated rings. The van der Waals surface area contributed by atoms with Crippen molar-refractivity contribution in [3.63, 3.8) is 0 Å². The zero-order valence-electron chi connectivity index (χ0n) is 9.40. The molecule has 19 heavy (non-hydrogen) atoms. The number of carbonyl (C=O) groups is 1. The molecule has 0 aromatic heterocycles. The Morgan fingerprint density at radius 1 is 1.21 bits per heavy atom. The van der Waals surface area contributed by atoms with Gasteiger partial charge in [0.05, 0.1) is 21.6 Å². The summed E-state index contributed by atoms with van der Waals surface area (Å²) < 4.78 is 0. The van der Waals surface area contributed by atoms with E-state index in [-0.39, 0.29) is 12.0 Å². The van der Waals surface area contributed by atoms with E-state index in [4.69, 9.17) is 0 Å². The highest BCUT2D eigenvalue weighted by Gasteiger charge is 2.21. The fraction of sp³-hybridized carbons (Fsp3) is 0.222. The lowest BCUT2D eigenvalue weighted by Crippen LogP contribution is -2.69. The minimum Gasteiger partial charge on any atom is -0.863 e. The number of carboxylic acids is 1. The third kappa shape index (κ3) is 3.13. The molecular formula is C9H8N3O7-. The van der Waals surface area contributed by atoms with E-state index in [1.54, 1.807) is 0 Å². The van der Waals surface area contributed by atoms with Crippen LogP contribution in [0.15, 0.2) is 12.1 Å². The molecule has 1 aromatic carbocycles. The van der Waals surface area contributed by atoms with Crippen molar-refractivity contribution in [1.82, 2.24) is 0 Å². The molecule has 0 saturated carbocycles. The fourth-order valence-electron chi connectivity index (χ4n) is 1.41. The molecule has 1 atom stereocenters. The number of quaternary nitrogens is 1. The van der Waals surface area contributed by atoms with Crippen molar-refractivity contribution in [3.8, 4) is 5.75 Å². The average Bonchev–Trinajstić information content (AvgIpc) is 2.30. The Kier molecular flexibility index (Phi) is 3.97. The van der Waals surface area contributed by atoms with Gasteiger partial charge in [-0.05, 0) is 5.56 Å². The van der Waals surface area contributed by atoms with Crippen molar-refractivity contribution in [2.75, 3.05) is 0 Å². The van der Waals surface area contributed by atoms with Gasteiger partial charge in [-0.1, -0.05) is 0 Å². The van der Waals surface area contributed by atoms with Crippen molar-refractivity contribution in [1.29, 1.82) is 0 Å². The van der Waals surface area contributed by atoms with Crippen LogP contribution >= 0.6 is 0 Å². The zero-order chi connectivity index (χ0) is 14.7. The number of carboxylic acid groups (broad SMARTS) is 1. The average molecular weight is 270 g/mol. The Hall–Kier alpha value is -2.75. The summed E-state index contributed by atoms with van der Waals surface area (Å²) in [6, 6.07) is 0.365. The van der Waals surface area contributed by atoms with Crippen LogP contribution in [0.1, 0.15) is 5.56 Å². The lowest BCUT2D eigenvalue weighted by molar-refractivity contribution is -0.437. The molecule has 3 N–H and O–H groups in total. The fourth-order valence-corrected chi connectivity index (χ4v) is 1.41. The third-order valence-corrected chi connectivity index (χ3v) is 2.32. The van der Waals surface area contributed by atoms with E-state index in [9.17, 15) is 35.2 Å². The summed E-state index contributed by atoms with van der Waals surface area (Å²) in [5.41, 5.74) is 1.23. The summed E-state index contributed by atoms with van der Waals surface area (Å²) in [5.74, 6) is -2.83. The second kappa shape index (κ2) is 5.27. The first-order valence-corrected chi connectivity index (χ1v) is 4.90. The molecule has 0 heterocycles. The lowest BCUT2D eigenvalue weighted by atomic mass is 10.0. The SMILES string of the molecule is [NH3+][C@@H](Cc1cc([N+](=O)[O-])c([O-])c([N+](=O)[O-])c1)C(=O)[O-]. The summed E-state index contributed by atoms with van der Waals surface area (Å²) in [7, 11) is 0. The first-order valence-electron chi connectivity index (χ1n) is 4.90. The quantitative estimate of drug-likeness (QED) is 0.452. The number of nitrogens with zero attached hydrogens (tertiary/aromatic N) is 2. The van der Waals surface area contributed by atoms with Crippen LogP contribution in [0.3, 0.4) is 0 Å². The van der Waals surface area contributed by atoms with Crippen LogP contribution in [0.25, 0.3) is 0 Å². The second-order valence-corrected chi connectivity index (χ2v) is 3.70. The number of aliphatic carboxylic acids is 1. The maximum atomic E-state index is 11.4. The molecule has 0 bridgehead atoms. The monoisotopic (exact) mass is 270 g/mol. The molecule has 0 aliphatic rings. The Bertz CT molecular complexity index is 522. The summed E-state index contributed by atoms with van der Waals surface area (Å²) in [6.07, 6.45) is -0.315. The molecule has 10 heteroatoms. The highest BCUT2D eigenvalue weighted by Crippen LogP contribution is 2.34. The van der Waals surface area contributed by atoms with E-state index in [0.29, 0.717) is 0 Å². The van der Waals surface area contributed by atoms with Crippen LogP contribution < -0.4 is 15.9 Å². The predicted octanol–water partition coefficient (Wildman–Crippen LogP) is -2.52. The summed E-state index contributed by atoms with van der Waals surface area (Å²) in [4.78, 5) is 29.6. The molecule has 0 saturated heterocycles. The molecule has 0 amide bonds. The first kappa shape index (κ1) is 14.3. The molecular weight excluding hydrogens is 262 g/mol. The van der Waals surface area contributed by atoms with Gasteiger partial charge in [0.15, 0.2) is 0 Å². The number of hydrogen-bond acceptors (Lipinski definition) is 7. The van der Waals surface area contributed by atoms with Gasteiger partial charge >= 0.3 is 0 Å². The molecule has 1 rings (SSSR count). The Morgan fingerprint density at radius 2 is 1.63 bits per heavy atom. The topological polar surface area (TPSA) is 177 Å². The number of hydrogen-bond donors (Lipinski definition) is 1. The van der Waals surface area contributed by atoms with E-state index in [1.807, 2.05) is 0 Å². The van der Waals surface area contributed by atoms with E-state index >= 15 is 0 Å². The Labute approximate surface area is 105 Å². The molecule has 0 unspecified atom stereocenters. The van der Waals surface area contributed by atoms with Crippen LogP contribution in [0.4, 0.5) is 11.4 Å². The van der Waals surface area contributed by atoms with Gasteiger partial charge in [-0.15, -0.1) is 0 Å². The van der Waals surface area contributed by atoms with Gasteiger partial charge < -0.3 is 20.7 Å². The van der Waals surface area contributed by atoms with Crippen LogP contribution in [0.2, 0.25) is 0 Å². The molecule has 0 radical (unpaired) electrons. The van der Waals surface area contributed by atoms with Crippen molar-refractivity contribution in [2.24, 2.45) is 0 Å². The van der Waals surface area contributed by atoms with Crippen molar-refractivity contribution in [2.45, 2.75) is 12.5 Å². The van der Waals surface area contributed by atoms with Gasteiger partial charge in [-0.2, -0.15) is 0 Å². The molecule has 10 nitrogen and oxygen atoms in total. The standard InChI is InChI=1S/C9H9N3O7/c10-5(9(14)15)1-4-2-6(11(16)17)8(13)7(3-4)12(18)19/h2-3,5,13H,1,10H2,(H,14,15)/p-1/t5-/m0/s1.